The van der Waals surface area contributed by atoms with Crippen LogP contribution >= 0.6 is 0 Å². The third-order valence-corrected chi connectivity index (χ3v) is 2.00. The summed E-state index contributed by atoms with van der Waals surface area (Å²) in [5.41, 5.74) is -0.262. The standard InChI is InChI=1S/C6H6F4N2O2S/c7-6(8,9)4-12-2-1-5(11-12)3-15(10,13)14/h1-2H,3-4H2. The van der Waals surface area contributed by atoms with Crippen molar-refractivity contribution in [3.63, 3.8) is 0 Å². The molecule has 0 radical (unpaired) electrons. The summed E-state index contributed by atoms with van der Waals surface area (Å²) in [7, 11) is -4.76. The Bertz CT molecular complexity index is 436. The highest BCUT2D eigenvalue weighted by Crippen LogP contribution is 2.17. The zero-order valence-corrected chi connectivity index (χ0v) is 8.02. The van der Waals surface area contributed by atoms with Crippen LogP contribution in [-0.2, 0) is 22.5 Å². The Morgan fingerprint density at radius 3 is 2.47 bits per heavy atom. The highest BCUT2D eigenvalue weighted by Gasteiger charge is 2.28. The first-order chi connectivity index (χ1) is 6.66. The van der Waals surface area contributed by atoms with E-state index in [4.69, 9.17) is 0 Å². The van der Waals surface area contributed by atoms with Gasteiger partial charge in [0.15, 0.2) is 0 Å². The molecule has 0 amide bonds. The first-order valence-corrected chi connectivity index (χ1v) is 5.22. The first kappa shape index (κ1) is 12.0. The lowest BCUT2D eigenvalue weighted by Crippen LogP contribution is -2.18. The maximum absolute atomic E-state index is 12.1. The van der Waals surface area contributed by atoms with Gasteiger partial charge in [0.2, 0.25) is 0 Å². The average molecular weight is 246 g/mol. The third-order valence-electron chi connectivity index (χ3n) is 1.36. The number of rotatable bonds is 3. The van der Waals surface area contributed by atoms with E-state index in [0.29, 0.717) is 4.68 Å². The minimum absolute atomic E-state index is 0.262. The molecule has 0 aliphatic carbocycles. The summed E-state index contributed by atoms with van der Waals surface area (Å²) in [6.45, 7) is -1.33. The molecular weight excluding hydrogens is 240 g/mol. The quantitative estimate of drug-likeness (QED) is 0.595. The molecule has 0 aliphatic rings. The lowest BCUT2D eigenvalue weighted by atomic mass is 10.5. The van der Waals surface area contributed by atoms with Crippen LogP contribution in [0.4, 0.5) is 17.1 Å². The fourth-order valence-corrected chi connectivity index (χ4v) is 1.44. The van der Waals surface area contributed by atoms with Crippen molar-refractivity contribution >= 4 is 10.2 Å². The van der Waals surface area contributed by atoms with E-state index >= 15 is 0 Å². The molecule has 0 fully saturated rings. The van der Waals surface area contributed by atoms with Crippen molar-refractivity contribution in [2.75, 3.05) is 0 Å². The number of aromatic nitrogens is 2. The molecule has 1 rings (SSSR count). The Kier molecular flexibility index (Phi) is 3.03. The maximum Gasteiger partial charge on any atom is 0.408 e. The van der Waals surface area contributed by atoms with Crippen LogP contribution in [0.5, 0.6) is 0 Å². The van der Waals surface area contributed by atoms with Crippen LogP contribution in [0.3, 0.4) is 0 Å². The molecule has 0 aromatic carbocycles. The van der Waals surface area contributed by atoms with Crippen molar-refractivity contribution in [1.29, 1.82) is 0 Å². The van der Waals surface area contributed by atoms with E-state index in [-0.39, 0.29) is 5.69 Å². The molecule has 0 aliphatic heterocycles. The molecule has 4 nitrogen and oxygen atoms in total. The second-order valence-electron chi connectivity index (χ2n) is 2.80. The molecule has 1 heterocycles. The summed E-state index contributed by atoms with van der Waals surface area (Å²) in [5.74, 6) is -1.02. The topological polar surface area (TPSA) is 52.0 Å². The highest BCUT2D eigenvalue weighted by molar-refractivity contribution is 7.85. The third kappa shape index (κ3) is 4.77. The van der Waals surface area contributed by atoms with Gasteiger partial charge in [0.1, 0.15) is 12.3 Å². The van der Waals surface area contributed by atoms with Gasteiger partial charge in [-0.05, 0) is 6.07 Å². The number of alkyl halides is 3. The number of hydrogen-bond donors (Lipinski definition) is 0. The monoisotopic (exact) mass is 246 g/mol. The minimum atomic E-state index is -4.76. The molecule has 0 N–H and O–H groups in total. The normalized spacial score (nSPS) is 13.1. The largest absolute Gasteiger partial charge is 0.408 e. The van der Waals surface area contributed by atoms with E-state index in [1.807, 2.05) is 0 Å². The molecule has 9 heteroatoms. The summed E-state index contributed by atoms with van der Waals surface area (Å²) in [6.07, 6.45) is -3.51. The first-order valence-electron chi connectivity index (χ1n) is 3.67. The molecular formula is C6H6F4N2O2S. The minimum Gasteiger partial charge on any atom is -0.263 e. The Hall–Kier alpha value is -1.12. The van der Waals surface area contributed by atoms with Crippen molar-refractivity contribution in [2.24, 2.45) is 0 Å². The van der Waals surface area contributed by atoms with Gasteiger partial charge in [0, 0.05) is 6.20 Å². The Morgan fingerprint density at radius 2 is 2.00 bits per heavy atom. The van der Waals surface area contributed by atoms with Crippen LogP contribution in [0.1, 0.15) is 5.69 Å². The molecule has 0 atom stereocenters. The number of halogens is 4. The highest BCUT2D eigenvalue weighted by atomic mass is 32.3. The SMILES string of the molecule is O=S(=O)(F)Cc1ccn(CC(F)(F)F)n1. The van der Waals surface area contributed by atoms with Crippen molar-refractivity contribution in [1.82, 2.24) is 9.78 Å². The fraction of sp³-hybridized carbons (Fsp3) is 0.500. The van der Waals surface area contributed by atoms with Gasteiger partial charge in [0.05, 0.1) is 5.69 Å². The van der Waals surface area contributed by atoms with Crippen molar-refractivity contribution in [3.8, 4) is 0 Å². The number of nitrogens with zero attached hydrogens (tertiary/aromatic N) is 2. The predicted molar refractivity (Wildman–Crippen MR) is 42.0 cm³/mol. The van der Waals surface area contributed by atoms with Crippen LogP contribution in [0.15, 0.2) is 12.3 Å². The average Bonchev–Trinajstić information content (AvgIpc) is 2.28. The molecule has 0 saturated carbocycles. The lowest BCUT2D eigenvalue weighted by molar-refractivity contribution is -0.142. The number of hydrogen-bond acceptors (Lipinski definition) is 3. The van der Waals surface area contributed by atoms with E-state index in [9.17, 15) is 25.5 Å². The summed E-state index contributed by atoms with van der Waals surface area (Å²) in [4.78, 5) is 0. The molecule has 0 saturated heterocycles. The van der Waals surface area contributed by atoms with Gasteiger partial charge in [0.25, 0.3) is 0 Å². The van der Waals surface area contributed by atoms with Gasteiger partial charge < -0.3 is 0 Å². The molecule has 1 aromatic rings. The smallest absolute Gasteiger partial charge is 0.263 e. The van der Waals surface area contributed by atoms with E-state index in [1.54, 1.807) is 0 Å². The van der Waals surface area contributed by atoms with Gasteiger partial charge in [-0.3, -0.25) is 4.68 Å². The van der Waals surface area contributed by atoms with Crippen LogP contribution < -0.4 is 0 Å². The van der Waals surface area contributed by atoms with E-state index in [2.05, 4.69) is 5.10 Å². The van der Waals surface area contributed by atoms with Crippen LogP contribution in [0, 0.1) is 0 Å². The Morgan fingerprint density at radius 1 is 1.40 bits per heavy atom. The maximum atomic E-state index is 12.1. The van der Waals surface area contributed by atoms with Gasteiger partial charge >= 0.3 is 16.4 Å². The van der Waals surface area contributed by atoms with Crippen molar-refractivity contribution in [2.45, 2.75) is 18.5 Å². The second-order valence-corrected chi connectivity index (χ2v) is 4.17. The Labute approximate surface area is 82.7 Å². The van der Waals surface area contributed by atoms with E-state index in [1.165, 1.54) is 0 Å². The second kappa shape index (κ2) is 3.80. The Balaban J connectivity index is 2.73. The van der Waals surface area contributed by atoms with E-state index < -0.39 is 28.7 Å². The lowest BCUT2D eigenvalue weighted by Gasteiger charge is -2.05. The van der Waals surface area contributed by atoms with Crippen LogP contribution in [-0.4, -0.2) is 24.4 Å². The molecule has 15 heavy (non-hydrogen) atoms. The van der Waals surface area contributed by atoms with Gasteiger partial charge in [-0.1, -0.05) is 0 Å². The van der Waals surface area contributed by atoms with Gasteiger partial charge in [-0.2, -0.15) is 26.7 Å². The van der Waals surface area contributed by atoms with Crippen molar-refractivity contribution < 1.29 is 25.5 Å². The fourth-order valence-electron chi connectivity index (χ4n) is 0.929. The zero-order valence-electron chi connectivity index (χ0n) is 7.20. The summed E-state index contributed by atoms with van der Waals surface area (Å²) < 4.78 is 68.4. The van der Waals surface area contributed by atoms with Gasteiger partial charge in [-0.15, -0.1) is 3.89 Å². The molecule has 0 unspecified atom stereocenters. The van der Waals surface area contributed by atoms with Gasteiger partial charge in [-0.25, -0.2) is 0 Å². The zero-order chi connectivity index (χ0) is 11.7. The van der Waals surface area contributed by atoms with E-state index in [0.717, 1.165) is 12.3 Å². The molecule has 86 valence electrons. The summed E-state index contributed by atoms with van der Waals surface area (Å²) in [6, 6.07) is 1.02. The van der Waals surface area contributed by atoms with Crippen molar-refractivity contribution in [3.05, 3.63) is 18.0 Å². The molecule has 1 aromatic heterocycles. The predicted octanol–water partition coefficient (Wildman–Crippen LogP) is 1.24. The van der Waals surface area contributed by atoms with Crippen LogP contribution in [0.25, 0.3) is 0 Å². The molecule has 0 bridgehead atoms. The van der Waals surface area contributed by atoms with Crippen LogP contribution in [0.2, 0.25) is 0 Å². The molecule has 0 spiro atoms. The summed E-state index contributed by atoms with van der Waals surface area (Å²) in [5, 5.41) is 3.26. The summed E-state index contributed by atoms with van der Waals surface area (Å²) >= 11 is 0.